The van der Waals surface area contributed by atoms with Crippen molar-refractivity contribution in [1.82, 2.24) is 20.9 Å². The van der Waals surface area contributed by atoms with E-state index in [0.29, 0.717) is 19.4 Å². The Morgan fingerprint density at radius 2 is 1.50 bits per heavy atom. The summed E-state index contributed by atoms with van der Waals surface area (Å²) in [5.74, 6) is -5.67. The van der Waals surface area contributed by atoms with E-state index in [-0.39, 0.29) is 30.6 Å². The van der Waals surface area contributed by atoms with Crippen LogP contribution >= 0.6 is 0 Å². The number of nitrogens with one attached hydrogen (secondary N) is 3. The van der Waals surface area contributed by atoms with Crippen LogP contribution in [0.25, 0.3) is 0 Å². The van der Waals surface area contributed by atoms with Crippen LogP contribution in [0.15, 0.2) is 0 Å². The summed E-state index contributed by atoms with van der Waals surface area (Å²) in [5, 5.41) is 35.0. The van der Waals surface area contributed by atoms with Crippen molar-refractivity contribution in [1.29, 1.82) is 0 Å². The number of likely N-dealkylation sites (tertiary alicyclic amines) is 1. The molecule has 0 radical (unpaired) electrons. The zero-order valence-corrected chi connectivity index (χ0v) is 22.3. The third-order valence-corrected chi connectivity index (χ3v) is 6.26. The second-order valence-corrected chi connectivity index (χ2v) is 10.2. The Morgan fingerprint density at radius 1 is 0.921 bits per heavy atom. The summed E-state index contributed by atoms with van der Waals surface area (Å²) in [5.41, 5.74) is 5.96. The SMILES string of the molecule is CC(C)C[C@H](NC(=O)[C@H](CO)NC(=O)[C@@H]1CCCN1C(=O)[C@@H](N)C(C)C)C(=O)N[C@@H](CCC(=O)O)C(=O)O. The summed E-state index contributed by atoms with van der Waals surface area (Å²) in [6.45, 7) is 6.64. The Hall–Kier alpha value is -3.26. The number of rotatable bonds is 15. The van der Waals surface area contributed by atoms with Crippen molar-refractivity contribution in [2.75, 3.05) is 13.2 Å². The molecule has 0 aromatic heterocycles. The number of nitrogens with zero attached hydrogens (tertiary/aromatic N) is 1. The highest BCUT2D eigenvalue weighted by Crippen LogP contribution is 2.20. The normalized spacial score (nSPS) is 18.4. The Labute approximate surface area is 221 Å². The minimum atomic E-state index is -1.48. The number of nitrogens with two attached hydrogens (primary N) is 1. The highest BCUT2D eigenvalue weighted by atomic mass is 16.4. The van der Waals surface area contributed by atoms with Gasteiger partial charge in [0.25, 0.3) is 0 Å². The average molecular weight is 544 g/mol. The largest absolute Gasteiger partial charge is 0.481 e. The number of carboxylic acid groups (broad SMARTS) is 2. The first-order valence-corrected chi connectivity index (χ1v) is 12.7. The number of carbonyl (C=O) groups is 6. The fourth-order valence-corrected chi connectivity index (χ4v) is 4.01. The first kappa shape index (κ1) is 32.8. The van der Waals surface area contributed by atoms with E-state index < -0.39 is 72.9 Å². The van der Waals surface area contributed by atoms with Crippen LogP contribution in [0.3, 0.4) is 0 Å². The van der Waals surface area contributed by atoms with Gasteiger partial charge in [0.2, 0.25) is 23.6 Å². The molecular formula is C24H41N5O9. The van der Waals surface area contributed by atoms with Crippen LogP contribution in [0, 0.1) is 11.8 Å². The summed E-state index contributed by atoms with van der Waals surface area (Å²) < 4.78 is 0. The van der Waals surface area contributed by atoms with Crippen molar-refractivity contribution in [3.8, 4) is 0 Å². The van der Waals surface area contributed by atoms with Gasteiger partial charge < -0.3 is 41.9 Å². The van der Waals surface area contributed by atoms with Crippen molar-refractivity contribution in [3.05, 3.63) is 0 Å². The van der Waals surface area contributed by atoms with Gasteiger partial charge in [-0.25, -0.2) is 4.79 Å². The molecule has 38 heavy (non-hydrogen) atoms. The molecule has 4 amide bonds. The van der Waals surface area contributed by atoms with E-state index in [2.05, 4.69) is 16.0 Å². The maximum atomic E-state index is 12.9. The highest BCUT2D eigenvalue weighted by Gasteiger charge is 2.38. The highest BCUT2D eigenvalue weighted by molar-refractivity contribution is 5.95. The summed E-state index contributed by atoms with van der Waals surface area (Å²) >= 11 is 0. The van der Waals surface area contributed by atoms with Crippen molar-refractivity contribution >= 4 is 35.6 Å². The Bertz CT molecular complexity index is 879. The van der Waals surface area contributed by atoms with Crippen LogP contribution in [0.4, 0.5) is 0 Å². The van der Waals surface area contributed by atoms with E-state index in [0.717, 1.165) is 0 Å². The van der Waals surface area contributed by atoms with E-state index >= 15 is 0 Å². The predicted molar refractivity (Wildman–Crippen MR) is 134 cm³/mol. The van der Waals surface area contributed by atoms with Crippen molar-refractivity contribution < 1.29 is 44.1 Å². The molecule has 0 aliphatic carbocycles. The minimum absolute atomic E-state index is 0.104. The lowest BCUT2D eigenvalue weighted by Gasteiger charge is -2.29. The van der Waals surface area contributed by atoms with Gasteiger partial charge in [0.05, 0.1) is 12.6 Å². The molecule has 8 N–H and O–H groups in total. The monoisotopic (exact) mass is 543 g/mol. The number of carboxylic acids is 2. The Kier molecular flexibility index (Phi) is 13.1. The fourth-order valence-electron chi connectivity index (χ4n) is 4.01. The van der Waals surface area contributed by atoms with Crippen LogP contribution in [-0.4, -0.2) is 99.1 Å². The Morgan fingerprint density at radius 3 is 2.00 bits per heavy atom. The van der Waals surface area contributed by atoms with Gasteiger partial charge in [0.15, 0.2) is 0 Å². The molecule has 5 atom stereocenters. The quantitative estimate of drug-likeness (QED) is 0.125. The van der Waals surface area contributed by atoms with Crippen LogP contribution < -0.4 is 21.7 Å². The molecule has 0 bridgehead atoms. The number of aliphatic carboxylic acids is 2. The van der Waals surface area contributed by atoms with Gasteiger partial charge in [-0.05, 0) is 37.5 Å². The molecule has 0 aromatic rings. The number of carbonyl (C=O) groups excluding carboxylic acids is 4. The van der Waals surface area contributed by atoms with Gasteiger partial charge in [-0.15, -0.1) is 0 Å². The molecule has 14 nitrogen and oxygen atoms in total. The third kappa shape index (κ3) is 9.89. The van der Waals surface area contributed by atoms with Gasteiger partial charge in [0.1, 0.15) is 24.2 Å². The molecule has 1 rings (SSSR count). The number of hydrogen-bond acceptors (Lipinski definition) is 8. The number of hydrogen-bond donors (Lipinski definition) is 7. The summed E-state index contributed by atoms with van der Waals surface area (Å²) in [6, 6.07) is -5.80. The maximum Gasteiger partial charge on any atom is 0.326 e. The summed E-state index contributed by atoms with van der Waals surface area (Å²) in [7, 11) is 0. The first-order chi connectivity index (χ1) is 17.7. The van der Waals surface area contributed by atoms with E-state index in [4.69, 9.17) is 10.8 Å². The Balaban J connectivity index is 2.93. The van der Waals surface area contributed by atoms with Crippen LogP contribution in [0.2, 0.25) is 0 Å². The standard InChI is InChI=1S/C24H41N5O9/c1-12(2)10-15(20(33)26-14(24(37)38)7-8-18(31)32)27-21(34)16(11-30)28-22(35)17-6-5-9-29(17)23(36)19(25)13(3)4/h12-17,19,30H,5-11,25H2,1-4H3,(H,26,33)(H,27,34)(H,28,35)(H,31,32)(H,37,38)/t14-,15-,16-,17-,19-/m0/s1. The minimum Gasteiger partial charge on any atom is -0.481 e. The molecule has 0 spiro atoms. The first-order valence-electron chi connectivity index (χ1n) is 12.7. The van der Waals surface area contributed by atoms with Gasteiger partial charge in [-0.2, -0.15) is 0 Å². The molecule has 0 unspecified atom stereocenters. The smallest absolute Gasteiger partial charge is 0.326 e. The van der Waals surface area contributed by atoms with E-state index in [1.807, 2.05) is 0 Å². The fraction of sp³-hybridized carbons (Fsp3) is 0.750. The van der Waals surface area contributed by atoms with Crippen molar-refractivity contribution in [3.63, 3.8) is 0 Å². The van der Waals surface area contributed by atoms with Gasteiger partial charge in [-0.1, -0.05) is 27.7 Å². The summed E-state index contributed by atoms with van der Waals surface area (Å²) in [4.78, 5) is 75.0. The molecule has 1 aliphatic rings. The van der Waals surface area contributed by atoms with Crippen LogP contribution in [-0.2, 0) is 28.8 Å². The van der Waals surface area contributed by atoms with Gasteiger partial charge >= 0.3 is 11.9 Å². The van der Waals surface area contributed by atoms with Gasteiger partial charge in [-0.3, -0.25) is 24.0 Å². The lowest BCUT2D eigenvalue weighted by Crippen LogP contribution is -2.59. The number of aliphatic hydroxyl groups excluding tert-OH is 1. The van der Waals surface area contributed by atoms with E-state index in [9.17, 15) is 39.0 Å². The second kappa shape index (κ2) is 15.2. The van der Waals surface area contributed by atoms with Crippen molar-refractivity contribution in [2.24, 2.45) is 17.6 Å². The molecule has 1 aliphatic heterocycles. The zero-order chi connectivity index (χ0) is 29.2. The topological polar surface area (TPSA) is 228 Å². The van der Waals surface area contributed by atoms with Crippen molar-refractivity contribution in [2.45, 2.75) is 90.0 Å². The molecule has 0 saturated carbocycles. The average Bonchev–Trinajstić information content (AvgIpc) is 3.32. The lowest BCUT2D eigenvalue weighted by atomic mass is 10.0. The van der Waals surface area contributed by atoms with Crippen LogP contribution in [0.5, 0.6) is 0 Å². The number of aliphatic hydroxyl groups is 1. The van der Waals surface area contributed by atoms with Crippen LogP contribution in [0.1, 0.15) is 59.8 Å². The molecule has 14 heteroatoms. The predicted octanol–water partition coefficient (Wildman–Crippen LogP) is -1.60. The van der Waals surface area contributed by atoms with Gasteiger partial charge in [0, 0.05) is 13.0 Å². The third-order valence-electron chi connectivity index (χ3n) is 6.26. The number of amides is 4. The molecule has 1 fully saturated rings. The maximum absolute atomic E-state index is 12.9. The van der Waals surface area contributed by atoms with E-state index in [1.165, 1.54) is 4.90 Å². The summed E-state index contributed by atoms with van der Waals surface area (Å²) in [6.07, 6.45) is 0.180. The zero-order valence-electron chi connectivity index (χ0n) is 22.3. The molecular weight excluding hydrogens is 502 g/mol. The molecule has 216 valence electrons. The lowest BCUT2D eigenvalue weighted by molar-refractivity contribution is -0.143. The second-order valence-electron chi connectivity index (χ2n) is 10.2. The molecule has 0 aromatic carbocycles. The molecule has 1 saturated heterocycles. The molecule has 1 heterocycles. The van der Waals surface area contributed by atoms with E-state index in [1.54, 1.807) is 27.7 Å².